The summed E-state index contributed by atoms with van der Waals surface area (Å²) in [6, 6.07) is 5.25. The molecule has 11 heteroatoms. The molecule has 0 aromatic heterocycles. The lowest BCUT2D eigenvalue weighted by Gasteiger charge is -2.43. The zero-order valence-corrected chi connectivity index (χ0v) is 27.0. The smallest absolute Gasteiger partial charge is 0.481 e. The van der Waals surface area contributed by atoms with E-state index >= 15 is 0 Å². The molecule has 5 heterocycles. The summed E-state index contributed by atoms with van der Waals surface area (Å²) in [4.78, 5) is 34.8. The normalized spacial score (nSPS) is 29.2. The molecule has 4 saturated heterocycles. The van der Waals surface area contributed by atoms with Gasteiger partial charge in [-0.1, -0.05) is 12.1 Å². The molecule has 0 spiro atoms. The average molecular weight is 597 g/mol. The Morgan fingerprint density at radius 3 is 2.30 bits per heavy atom. The van der Waals surface area contributed by atoms with E-state index in [-0.39, 0.29) is 12.1 Å². The third-order valence-electron chi connectivity index (χ3n) is 11.1. The Kier molecular flexibility index (Phi) is 7.90. The first kappa shape index (κ1) is 30.8. The van der Waals surface area contributed by atoms with Gasteiger partial charge in [0.1, 0.15) is 0 Å². The van der Waals surface area contributed by atoms with Crippen LogP contribution in [0, 0.1) is 5.41 Å². The number of aliphatic carboxylic acids is 1. The summed E-state index contributed by atoms with van der Waals surface area (Å²) < 4.78 is 19.0. The summed E-state index contributed by atoms with van der Waals surface area (Å²) in [5.74, 6) is -0.816. The van der Waals surface area contributed by atoms with Crippen molar-refractivity contribution in [3.8, 4) is 0 Å². The molecule has 1 N–H and O–H groups in total. The highest BCUT2D eigenvalue weighted by Gasteiger charge is 2.52. The minimum absolute atomic E-state index is 0.125. The number of rotatable bonds is 5. The lowest BCUT2D eigenvalue weighted by molar-refractivity contribution is -0.149. The van der Waals surface area contributed by atoms with Gasteiger partial charge in [-0.05, 0) is 90.0 Å². The minimum Gasteiger partial charge on any atom is -0.481 e. The number of carbonyl (C=O) groups excluding carboxylic acids is 1. The molecule has 4 fully saturated rings. The van der Waals surface area contributed by atoms with Crippen molar-refractivity contribution < 1.29 is 28.7 Å². The summed E-state index contributed by atoms with van der Waals surface area (Å²) in [5.41, 5.74) is 2.54. The Hall–Kier alpha value is -2.18. The first-order chi connectivity index (χ1) is 20.2. The van der Waals surface area contributed by atoms with Gasteiger partial charge in [0.25, 0.3) is 0 Å². The van der Waals surface area contributed by atoms with E-state index in [2.05, 4.69) is 61.6 Å². The van der Waals surface area contributed by atoms with Gasteiger partial charge in [0.15, 0.2) is 0 Å². The fourth-order valence-electron chi connectivity index (χ4n) is 7.46. The van der Waals surface area contributed by atoms with Crippen molar-refractivity contribution >= 4 is 24.6 Å². The maximum absolute atomic E-state index is 13.9. The Balaban J connectivity index is 1.34. The number of likely N-dealkylation sites (tertiary alicyclic amines) is 1. The molecule has 43 heavy (non-hydrogen) atoms. The Morgan fingerprint density at radius 2 is 1.67 bits per heavy atom. The van der Waals surface area contributed by atoms with Crippen molar-refractivity contribution in [2.24, 2.45) is 5.41 Å². The largest absolute Gasteiger partial charge is 0.494 e. The van der Waals surface area contributed by atoms with Crippen LogP contribution in [0.5, 0.6) is 0 Å². The van der Waals surface area contributed by atoms with Gasteiger partial charge < -0.3 is 29.0 Å². The van der Waals surface area contributed by atoms with Gasteiger partial charge >= 0.3 is 19.1 Å². The van der Waals surface area contributed by atoms with E-state index in [1.165, 1.54) is 5.56 Å². The summed E-state index contributed by atoms with van der Waals surface area (Å²) in [6.45, 7) is 16.6. The summed E-state index contributed by atoms with van der Waals surface area (Å²) in [5, 5.41) is 9.94. The molecule has 2 unspecified atom stereocenters. The SMILES string of the molecule is CN1C2CCC1CN(C(=O)N1CCc3cc(B4OC(C)(C)C(C)(C)O4)cc([C@@H]4COCCN4CC(C)(C)C(=O)O)c3C1)C2. The molecule has 2 amide bonds. The zero-order chi connectivity index (χ0) is 30.9. The number of morpholine rings is 1. The number of fused-ring (bicyclic) bond motifs is 3. The van der Waals surface area contributed by atoms with E-state index in [0.717, 1.165) is 48.9 Å². The average Bonchev–Trinajstić information content (AvgIpc) is 3.27. The minimum atomic E-state index is -0.915. The highest BCUT2D eigenvalue weighted by molar-refractivity contribution is 6.62. The van der Waals surface area contributed by atoms with Crippen LogP contribution < -0.4 is 5.46 Å². The number of piperazine rings is 1. The highest BCUT2D eigenvalue weighted by Crippen LogP contribution is 2.39. The standard InChI is InChI=1S/C32H49BN4O6/c1-30(2,28(38)39)20-36-12-13-41-19-27(36)25-15-22(33-42-31(3,4)32(5,6)43-33)14-21-10-11-35(18-26(21)25)29(40)37-16-23-8-9-24(17-37)34(23)7/h14-15,23-24,27H,8-13,16-20H2,1-7H3,(H,38,39)/t23?,24?,27-/m0/s1. The lowest BCUT2D eigenvalue weighted by Crippen LogP contribution is -2.57. The predicted molar refractivity (Wildman–Crippen MR) is 164 cm³/mol. The van der Waals surface area contributed by atoms with Gasteiger partial charge in [-0.2, -0.15) is 0 Å². The second-order valence-corrected chi connectivity index (χ2v) is 15.0. The Morgan fingerprint density at radius 1 is 1.02 bits per heavy atom. The van der Waals surface area contributed by atoms with Crippen molar-refractivity contribution in [3.05, 3.63) is 28.8 Å². The second kappa shape index (κ2) is 11.0. The van der Waals surface area contributed by atoms with E-state index in [0.29, 0.717) is 51.5 Å². The molecule has 0 radical (unpaired) electrons. The monoisotopic (exact) mass is 596 g/mol. The van der Waals surface area contributed by atoms with Crippen LogP contribution in [0.4, 0.5) is 4.79 Å². The van der Waals surface area contributed by atoms with E-state index < -0.39 is 29.7 Å². The first-order valence-corrected chi connectivity index (χ1v) is 16.0. The molecular formula is C32H49BN4O6. The number of hydrogen-bond acceptors (Lipinski definition) is 7. The summed E-state index contributed by atoms with van der Waals surface area (Å²) in [6.07, 6.45) is 3.06. The van der Waals surface area contributed by atoms with Crippen LogP contribution in [-0.2, 0) is 31.8 Å². The van der Waals surface area contributed by atoms with Crippen LogP contribution in [0.2, 0.25) is 0 Å². The molecule has 3 atom stereocenters. The van der Waals surface area contributed by atoms with Crippen molar-refractivity contribution in [2.45, 2.75) is 96.7 Å². The van der Waals surface area contributed by atoms with Gasteiger partial charge in [-0.3, -0.25) is 14.6 Å². The Bertz CT molecular complexity index is 1240. The van der Waals surface area contributed by atoms with Crippen molar-refractivity contribution in [2.75, 3.05) is 53.0 Å². The molecule has 0 saturated carbocycles. The van der Waals surface area contributed by atoms with Crippen molar-refractivity contribution in [3.63, 3.8) is 0 Å². The number of benzene rings is 1. The first-order valence-electron chi connectivity index (χ1n) is 16.0. The number of carboxylic acids is 1. The molecule has 10 nitrogen and oxygen atoms in total. The van der Waals surface area contributed by atoms with Crippen LogP contribution in [0.25, 0.3) is 0 Å². The third kappa shape index (κ3) is 5.60. The molecule has 1 aromatic rings. The van der Waals surface area contributed by atoms with E-state index in [9.17, 15) is 14.7 Å². The van der Waals surface area contributed by atoms with Gasteiger partial charge in [-0.25, -0.2) is 4.79 Å². The number of nitrogens with zero attached hydrogens (tertiary/aromatic N) is 4. The van der Waals surface area contributed by atoms with Crippen LogP contribution in [0.1, 0.15) is 77.1 Å². The second-order valence-electron chi connectivity index (χ2n) is 15.0. The molecule has 1 aromatic carbocycles. The van der Waals surface area contributed by atoms with Crippen LogP contribution in [0.3, 0.4) is 0 Å². The van der Waals surface area contributed by atoms with Gasteiger partial charge in [0.05, 0.1) is 35.9 Å². The van der Waals surface area contributed by atoms with E-state index in [1.54, 1.807) is 13.8 Å². The summed E-state index contributed by atoms with van der Waals surface area (Å²) in [7, 11) is 1.68. The number of carbonyl (C=O) groups is 2. The van der Waals surface area contributed by atoms with Crippen molar-refractivity contribution in [1.29, 1.82) is 0 Å². The fourth-order valence-corrected chi connectivity index (χ4v) is 7.46. The number of ether oxygens (including phenoxy) is 1. The number of amides is 2. The maximum atomic E-state index is 13.9. The predicted octanol–water partition coefficient (Wildman–Crippen LogP) is 2.73. The number of carboxylic acid groups (broad SMARTS) is 1. The van der Waals surface area contributed by atoms with Crippen LogP contribution in [-0.4, -0.2) is 120 Å². The topological polar surface area (TPSA) is 95.0 Å². The molecule has 6 rings (SSSR count). The van der Waals surface area contributed by atoms with E-state index in [4.69, 9.17) is 14.0 Å². The van der Waals surface area contributed by atoms with Gasteiger partial charge in [0.2, 0.25) is 0 Å². The fraction of sp³-hybridized carbons (Fsp3) is 0.750. The molecule has 5 aliphatic heterocycles. The molecule has 2 bridgehead atoms. The van der Waals surface area contributed by atoms with Crippen molar-refractivity contribution in [1.82, 2.24) is 19.6 Å². The quantitative estimate of drug-likeness (QED) is 0.519. The van der Waals surface area contributed by atoms with E-state index in [1.807, 2.05) is 4.90 Å². The Labute approximate surface area is 256 Å². The third-order valence-corrected chi connectivity index (χ3v) is 11.1. The molecular weight excluding hydrogens is 547 g/mol. The number of hydrogen-bond donors (Lipinski definition) is 1. The van der Waals surface area contributed by atoms with Gasteiger partial charge in [-0.15, -0.1) is 0 Å². The highest BCUT2D eigenvalue weighted by atomic mass is 16.7. The maximum Gasteiger partial charge on any atom is 0.494 e. The molecule has 236 valence electrons. The lowest BCUT2D eigenvalue weighted by atomic mass is 9.74. The molecule has 0 aliphatic carbocycles. The summed E-state index contributed by atoms with van der Waals surface area (Å²) >= 11 is 0. The van der Waals surface area contributed by atoms with Gasteiger partial charge in [0, 0.05) is 51.4 Å². The number of urea groups is 1. The zero-order valence-electron chi connectivity index (χ0n) is 27.0. The van der Waals surface area contributed by atoms with Crippen LogP contribution in [0.15, 0.2) is 12.1 Å². The molecule has 5 aliphatic rings. The number of likely N-dealkylation sites (N-methyl/N-ethyl adjacent to an activating group) is 1. The van der Waals surface area contributed by atoms with Crippen LogP contribution >= 0.6 is 0 Å².